The van der Waals surface area contributed by atoms with Crippen molar-refractivity contribution in [2.24, 2.45) is 0 Å². The highest BCUT2D eigenvalue weighted by Crippen LogP contribution is 2.33. The molecule has 0 saturated heterocycles. The molecule has 6 heteroatoms. The van der Waals surface area contributed by atoms with Crippen LogP contribution in [-0.4, -0.2) is 27.1 Å². The minimum absolute atomic E-state index is 0.288. The van der Waals surface area contributed by atoms with Gasteiger partial charge in [-0.1, -0.05) is 6.92 Å². The standard InChI is InChI=1S/C12H15N3O2S/c1-4-6(2)15-10-8-7(3)9(12(16)17)18-11(8)14-5-13-10/h5-6H,4H2,1-3H3,(H,16,17)(H,13,14,15)/t6-/m0/s1. The Morgan fingerprint density at radius 3 is 2.89 bits per heavy atom. The maximum atomic E-state index is 11.1. The number of hydrogen-bond donors (Lipinski definition) is 2. The van der Waals surface area contributed by atoms with E-state index in [2.05, 4.69) is 29.1 Å². The van der Waals surface area contributed by atoms with Gasteiger partial charge in [0.05, 0.1) is 5.39 Å². The summed E-state index contributed by atoms with van der Waals surface area (Å²) in [6, 6.07) is 0.288. The smallest absolute Gasteiger partial charge is 0.346 e. The molecule has 0 amide bonds. The fraction of sp³-hybridized carbons (Fsp3) is 0.417. The normalized spacial score (nSPS) is 12.6. The van der Waals surface area contributed by atoms with Crippen molar-refractivity contribution in [2.45, 2.75) is 33.2 Å². The topological polar surface area (TPSA) is 75.1 Å². The van der Waals surface area contributed by atoms with Crippen LogP contribution in [0.2, 0.25) is 0 Å². The number of hydrogen-bond acceptors (Lipinski definition) is 5. The van der Waals surface area contributed by atoms with Crippen molar-refractivity contribution in [3.63, 3.8) is 0 Å². The van der Waals surface area contributed by atoms with Crippen molar-refractivity contribution in [3.05, 3.63) is 16.8 Å². The highest BCUT2D eigenvalue weighted by molar-refractivity contribution is 7.20. The molecule has 0 fully saturated rings. The summed E-state index contributed by atoms with van der Waals surface area (Å²) in [5, 5.41) is 13.2. The zero-order chi connectivity index (χ0) is 13.3. The molecule has 0 bridgehead atoms. The third-order valence-corrected chi connectivity index (χ3v) is 4.10. The molecule has 0 aliphatic rings. The summed E-state index contributed by atoms with van der Waals surface area (Å²) >= 11 is 1.19. The first-order valence-corrected chi connectivity index (χ1v) is 6.60. The maximum Gasteiger partial charge on any atom is 0.346 e. The van der Waals surface area contributed by atoms with Gasteiger partial charge < -0.3 is 10.4 Å². The molecule has 2 N–H and O–H groups in total. The van der Waals surface area contributed by atoms with Crippen molar-refractivity contribution in [1.82, 2.24) is 9.97 Å². The summed E-state index contributed by atoms with van der Waals surface area (Å²) in [5.74, 6) is -0.194. The largest absolute Gasteiger partial charge is 0.477 e. The molecule has 0 unspecified atom stereocenters. The van der Waals surface area contributed by atoms with Gasteiger partial charge in [0.15, 0.2) is 0 Å². The fourth-order valence-electron chi connectivity index (χ4n) is 1.72. The fourth-order valence-corrected chi connectivity index (χ4v) is 2.71. The van der Waals surface area contributed by atoms with E-state index in [1.54, 1.807) is 6.92 Å². The van der Waals surface area contributed by atoms with E-state index in [1.807, 2.05) is 0 Å². The maximum absolute atomic E-state index is 11.1. The summed E-state index contributed by atoms with van der Waals surface area (Å²) in [4.78, 5) is 20.5. The summed E-state index contributed by atoms with van der Waals surface area (Å²) < 4.78 is 0. The van der Waals surface area contributed by atoms with Crippen LogP contribution >= 0.6 is 11.3 Å². The monoisotopic (exact) mass is 265 g/mol. The number of carbonyl (C=O) groups is 1. The first-order chi connectivity index (χ1) is 8.54. The van der Waals surface area contributed by atoms with Crippen molar-refractivity contribution in [2.75, 3.05) is 5.32 Å². The van der Waals surface area contributed by atoms with Gasteiger partial charge in [0.2, 0.25) is 0 Å². The Bertz CT molecular complexity index is 594. The quantitative estimate of drug-likeness (QED) is 0.889. The van der Waals surface area contributed by atoms with Crippen molar-refractivity contribution in [1.29, 1.82) is 0 Å². The van der Waals surface area contributed by atoms with Crippen LogP contribution in [0.25, 0.3) is 10.2 Å². The van der Waals surface area contributed by atoms with Crippen LogP contribution in [0.4, 0.5) is 5.82 Å². The number of carboxylic acids is 1. The molecule has 0 aliphatic heterocycles. The zero-order valence-corrected chi connectivity index (χ0v) is 11.3. The lowest BCUT2D eigenvalue weighted by atomic mass is 10.2. The average Bonchev–Trinajstić information content (AvgIpc) is 2.68. The number of carboxylic acid groups (broad SMARTS) is 1. The Hall–Kier alpha value is -1.69. The molecule has 2 rings (SSSR count). The first-order valence-electron chi connectivity index (χ1n) is 5.78. The Morgan fingerprint density at radius 1 is 1.56 bits per heavy atom. The van der Waals surface area contributed by atoms with E-state index in [0.29, 0.717) is 9.71 Å². The van der Waals surface area contributed by atoms with E-state index in [-0.39, 0.29) is 6.04 Å². The lowest BCUT2D eigenvalue weighted by Crippen LogP contribution is -2.14. The van der Waals surface area contributed by atoms with Gasteiger partial charge in [-0.25, -0.2) is 14.8 Å². The third-order valence-electron chi connectivity index (χ3n) is 2.92. The van der Waals surface area contributed by atoms with Crippen LogP contribution in [0.15, 0.2) is 6.33 Å². The number of thiophene rings is 1. The van der Waals surface area contributed by atoms with Crippen LogP contribution in [0, 0.1) is 6.92 Å². The average molecular weight is 265 g/mol. The van der Waals surface area contributed by atoms with Gasteiger partial charge in [-0.05, 0) is 25.8 Å². The second-order valence-corrected chi connectivity index (χ2v) is 5.22. The predicted octanol–water partition coefficient (Wildman–Crippen LogP) is 2.91. The Morgan fingerprint density at radius 2 is 2.28 bits per heavy atom. The minimum Gasteiger partial charge on any atom is -0.477 e. The van der Waals surface area contributed by atoms with E-state index in [1.165, 1.54) is 17.7 Å². The summed E-state index contributed by atoms with van der Waals surface area (Å²) in [7, 11) is 0. The number of nitrogens with one attached hydrogen (secondary N) is 1. The molecule has 1 atom stereocenters. The van der Waals surface area contributed by atoms with Crippen molar-refractivity contribution in [3.8, 4) is 0 Å². The lowest BCUT2D eigenvalue weighted by Gasteiger charge is -2.12. The van der Waals surface area contributed by atoms with Crippen molar-refractivity contribution >= 4 is 33.3 Å². The Balaban J connectivity index is 2.57. The number of fused-ring (bicyclic) bond motifs is 1. The van der Waals surface area contributed by atoms with Crippen molar-refractivity contribution < 1.29 is 9.90 Å². The van der Waals surface area contributed by atoms with Gasteiger partial charge in [-0.15, -0.1) is 11.3 Å². The number of aromatic carboxylic acids is 1. The van der Waals surface area contributed by atoms with Gasteiger partial charge >= 0.3 is 5.97 Å². The molecule has 0 radical (unpaired) electrons. The second kappa shape index (κ2) is 4.89. The molecule has 18 heavy (non-hydrogen) atoms. The highest BCUT2D eigenvalue weighted by atomic mass is 32.1. The van der Waals surface area contributed by atoms with Gasteiger partial charge in [-0.3, -0.25) is 0 Å². The molecule has 0 aliphatic carbocycles. The molecule has 5 nitrogen and oxygen atoms in total. The van der Waals surface area contributed by atoms with E-state index < -0.39 is 5.97 Å². The number of aromatic nitrogens is 2. The number of rotatable bonds is 4. The molecular weight excluding hydrogens is 250 g/mol. The van der Waals surface area contributed by atoms with Crippen LogP contribution in [0.5, 0.6) is 0 Å². The van der Waals surface area contributed by atoms with Gasteiger partial charge in [0.1, 0.15) is 21.9 Å². The van der Waals surface area contributed by atoms with Gasteiger partial charge in [0.25, 0.3) is 0 Å². The SMILES string of the molecule is CC[C@H](C)Nc1ncnc2sc(C(=O)O)c(C)c12. The Labute approximate surface area is 109 Å². The van der Waals surface area contributed by atoms with E-state index in [0.717, 1.165) is 23.2 Å². The minimum atomic E-state index is -0.912. The Kier molecular flexibility index (Phi) is 3.47. The predicted molar refractivity (Wildman–Crippen MR) is 72.5 cm³/mol. The van der Waals surface area contributed by atoms with E-state index in [9.17, 15) is 4.79 Å². The van der Waals surface area contributed by atoms with Crippen LogP contribution in [0.3, 0.4) is 0 Å². The van der Waals surface area contributed by atoms with E-state index >= 15 is 0 Å². The molecule has 2 heterocycles. The zero-order valence-electron chi connectivity index (χ0n) is 10.5. The number of anilines is 1. The molecule has 2 aromatic rings. The van der Waals surface area contributed by atoms with Gasteiger partial charge in [0, 0.05) is 6.04 Å². The third kappa shape index (κ3) is 2.15. The lowest BCUT2D eigenvalue weighted by molar-refractivity contribution is 0.0701. The molecule has 0 saturated carbocycles. The first kappa shape index (κ1) is 12.8. The summed E-state index contributed by atoms with van der Waals surface area (Å²) in [6.07, 6.45) is 2.44. The molecule has 2 aromatic heterocycles. The number of nitrogens with zero attached hydrogens (tertiary/aromatic N) is 2. The second-order valence-electron chi connectivity index (χ2n) is 4.22. The molecule has 0 spiro atoms. The summed E-state index contributed by atoms with van der Waals surface area (Å²) in [6.45, 7) is 5.94. The van der Waals surface area contributed by atoms with Crippen LogP contribution in [0.1, 0.15) is 35.5 Å². The van der Waals surface area contributed by atoms with Crippen LogP contribution in [-0.2, 0) is 0 Å². The summed E-state index contributed by atoms with van der Waals surface area (Å²) in [5.41, 5.74) is 0.730. The number of aryl methyl sites for hydroxylation is 1. The van der Waals surface area contributed by atoms with E-state index in [4.69, 9.17) is 5.11 Å². The molecular formula is C12H15N3O2S. The van der Waals surface area contributed by atoms with Crippen LogP contribution < -0.4 is 5.32 Å². The molecule has 0 aromatic carbocycles. The molecule has 96 valence electrons. The van der Waals surface area contributed by atoms with Gasteiger partial charge in [-0.2, -0.15) is 0 Å². The highest BCUT2D eigenvalue weighted by Gasteiger charge is 2.18.